The predicted molar refractivity (Wildman–Crippen MR) is 103 cm³/mol. The van der Waals surface area contributed by atoms with Crippen LogP contribution in [0, 0.1) is 15.9 Å². The number of hydrogen-bond acceptors (Lipinski definition) is 6. The number of nitro benzene ring substituents is 1. The minimum atomic E-state index is -3.78. The van der Waals surface area contributed by atoms with E-state index < -0.39 is 26.5 Å². The zero-order chi connectivity index (χ0) is 20.3. The Morgan fingerprint density at radius 1 is 1.21 bits per heavy atom. The van der Waals surface area contributed by atoms with E-state index in [1.54, 1.807) is 19.1 Å². The number of nitro groups is 1. The van der Waals surface area contributed by atoms with Crippen LogP contribution in [-0.4, -0.2) is 36.4 Å². The van der Waals surface area contributed by atoms with Gasteiger partial charge in [0.05, 0.1) is 15.5 Å². The third kappa shape index (κ3) is 4.02. The van der Waals surface area contributed by atoms with E-state index in [9.17, 15) is 22.9 Å². The van der Waals surface area contributed by atoms with Gasteiger partial charge in [-0.1, -0.05) is 18.2 Å². The van der Waals surface area contributed by atoms with Crippen molar-refractivity contribution < 1.29 is 17.7 Å². The number of rotatable bonds is 6. The molecule has 0 atom stereocenters. The Morgan fingerprint density at radius 3 is 2.54 bits per heavy atom. The van der Waals surface area contributed by atoms with Crippen molar-refractivity contribution in [2.75, 3.05) is 18.5 Å². The minimum absolute atomic E-state index is 0.0149. The molecule has 3 rings (SSSR count). The molecule has 1 aliphatic rings. The van der Waals surface area contributed by atoms with Crippen molar-refractivity contribution in [2.45, 2.75) is 24.7 Å². The van der Waals surface area contributed by atoms with Gasteiger partial charge in [-0.3, -0.25) is 15.5 Å². The monoisotopic (exact) mass is 406 g/mol. The first-order valence-corrected chi connectivity index (χ1v) is 10.1. The highest BCUT2D eigenvalue weighted by atomic mass is 32.2. The second-order valence-electron chi connectivity index (χ2n) is 6.34. The summed E-state index contributed by atoms with van der Waals surface area (Å²) in [6.07, 6.45) is 1.54. The smallest absolute Gasteiger partial charge is 0.271 e. The molecule has 0 amide bonds. The van der Waals surface area contributed by atoms with Crippen LogP contribution < -0.4 is 5.43 Å². The topological polar surface area (TPSA) is 105 Å². The SMILES string of the molecule is C/C(=N\Nc1ccc(S(=O)(=O)N2CCCC2)cc1[N+](=O)[O-])c1ccccc1F. The first kappa shape index (κ1) is 19.9. The molecule has 0 spiro atoms. The number of anilines is 1. The molecule has 0 bridgehead atoms. The fourth-order valence-electron chi connectivity index (χ4n) is 2.95. The lowest BCUT2D eigenvalue weighted by atomic mass is 10.1. The number of hydrogen-bond donors (Lipinski definition) is 1. The number of benzene rings is 2. The van der Waals surface area contributed by atoms with Gasteiger partial charge in [0.25, 0.3) is 5.69 Å². The highest BCUT2D eigenvalue weighted by molar-refractivity contribution is 7.89. The first-order valence-electron chi connectivity index (χ1n) is 8.64. The van der Waals surface area contributed by atoms with E-state index in [2.05, 4.69) is 10.5 Å². The summed E-state index contributed by atoms with van der Waals surface area (Å²) < 4.78 is 40.4. The summed E-state index contributed by atoms with van der Waals surface area (Å²) in [4.78, 5) is 10.6. The quantitative estimate of drug-likeness (QED) is 0.450. The van der Waals surface area contributed by atoms with Gasteiger partial charge in [0, 0.05) is 24.7 Å². The van der Waals surface area contributed by atoms with Crippen molar-refractivity contribution in [3.8, 4) is 0 Å². The predicted octanol–water partition coefficient (Wildman–Crippen LogP) is 3.35. The van der Waals surface area contributed by atoms with Gasteiger partial charge in [-0.25, -0.2) is 12.8 Å². The van der Waals surface area contributed by atoms with Crippen LogP contribution in [0.1, 0.15) is 25.3 Å². The third-order valence-electron chi connectivity index (χ3n) is 4.48. The van der Waals surface area contributed by atoms with Crippen molar-refractivity contribution in [1.29, 1.82) is 0 Å². The molecule has 1 N–H and O–H groups in total. The van der Waals surface area contributed by atoms with E-state index in [1.165, 1.54) is 28.6 Å². The lowest BCUT2D eigenvalue weighted by Crippen LogP contribution is -2.27. The summed E-state index contributed by atoms with van der Waals surface area (Å²) in [6, 6.07) is 9.63. The minimum Gasteiger partial charge on any atom is -0.271 e. The Hall–Kier alpha value is -2.85. The fraction of sp³-hybridized carbons (Fsp3) is 0.278. The van der Waals surface area contributed by atoms with Crippen molar-refractivity contribution in [1.82, 2.24) is 4.31 Å². The van der Waals surface area contributed by atoms with E-state index in [0.29, 0.717) is 18.8 Å². The van der Waals surface area contributed by atoms with Gasteiger partial charge in [0.15, 0.2) is 0 Å². The number of halogens is 1. The molecule has 1 heterocycles. The van der Waals surface area contributed by atoms with Crippen LogP contribution in [0.4, 0.5) is 15.8 Å². The molecule has 0 radical (unpaired) electrons. The summed E-state index contributed by atoms with van der Waals surface area (Å²) in [5.74, 6) is -0.466. The van der Waals surface area contributed by atoms with Crippen LogP contribution in [0.25, 0.3) is 0 Å². The zero-order valence-corrected chi connectivity index (χ0v) is 15.9. The van der Waals surface area contributed by atoms with Crippen LogP contribution in [-0.2, 0) is 10.0 Å². The maximum Gasteiger partial charge on any atom is 0.295 e. The molecule has 148 valence electrons. The van der Waals surface area contributed by atoms with E-state index in [0.717, 1.165) is 18.9 Å². The van der Waals surface area contributed by atoms with E-state index in [4.69, 9.17) is 0 Å². The number of hydrazone groups is 1. The molecule has 1 saturated heterocycles. The Kier molecular flexibility index (Phi) is 5.71. The lowest BCUT2D eigenvalue weighted by Gasteiger charge is -2.15. The maximum atomic E-state index is 13.8. The van der Waals surface area contributed by atoms with Crippen LogP contribution in [0.15, 0.2) is 52.5 Å². The summed E-state index contributed by atoms with van der Waals surface area (Å²) in [5.41, 5.74) is 2.68. The fourth-order valence-corrected chi connectivity index (χ4v) is 4.49. The summed E-state index contributed by atoms with van der Waals surface area (Å²) >= 11 is 0. The Labute approximate surface area is 161 Å². The standard InChI is InChI=1S/C18H19FN4O4S/c1-13(15-6-2-3-7-16(15)19)20-21-17-9-8-14(12-18(17)23(24)25)28(26,27)22-10-4-5-11-22/h2-3,6-9,12,21H,4-5,10-11H2,1H3/b20-13+. The highest BCUT2D eigenvalue weighted by Crippen LogP contribution is 2.30. The average molecular weight is 406 g/mol. The molecule has 0 unspecified atom stereocenters. The molecule has 8 nitrogen and oxygen atoms in total. The zero-order valence-electron chi connectivity index (χ0n) is 15.1. The van der Waals surface area contributed by atoms with Gasteiger partial charge < -0.3 is 0 Å². The maximum absolute atomic E-state index is 13.8. The Balaban J connectivity index is 1.91. The molecule has 0 aromatic heterocycles. The largest absolute Gasteiger partial charge is 0.295 e. The Morgan fingerprint density at radius 2 is 1.89 bits per heavy atom. The molecular weight excluding hydrogens is 387 g/mol. The number of sulfonamides is 1. The Bertz CT molecular complexity index is 1030. The summed E-state index contributed by atoms with van der Waals surface area (Å²) in [6.45, 7) is 2.37. The van der Waals surface area contributed by atoms with Crippen LogP contribution in [0.3, 0.4) is 0 Å². The molecule has 2 aromatic rings. The van der Waals surface area contributed by atoms with Gasteiger partial charge in [-0.15, -0.1) is 0 Å². The normalized spacial score (nSPS) is 15.6. The van der Waals surface area contributed by atoms with Gasteiger partial charge >= 0.3 is 0 Å². The summed E-state index contributed by atoms with van der Waals surface area (Å²) in [7, 11) is -3.78. The van der Waals surface area contributed by atoms with Crippen molar-refractivity contribution in [2.24, 2.45) is 5.10 Å². The third-order valence-corrected chi connectivity index (χ3v) is 6.37. The lowest BCUT2D eigenvalue weighted by molar-refractivity contribution is -0.384. The molecule has 2 aromatic carbocycles. The van der Waals surface area contributed by atoms with Gasteiger partial charge in [-0.2, -0.15) is 9.41 Å². The van der Waals surface area contributed by atoms with Gasteiger partial charge in [0.1, 0.15) is 11.5 Å². The van der Waals surface area contributed by atoms with E-state index >= 15 is 0 Å². The molecule has 1 fully saturated rings. The number of nitrogens with zero attached hydrogens (tertiary/aromatic N) is 3. The molecule has 28 heavy (non-hydrogen) atoms. The van der Waals surface area contributed by atoms with Crippen LogP contribution in [0.2, 0.25) is 0 Å². The molecule has 0 saturated carbocycles. The van der Waals surface area contributed by atoms with Gasteiger partial charge in [0.2, 0.25) is 10.0 Å². The molecular formula is C18H19FN4O4S. The van der Waals surface area contributed by atoms with Crippen molar-refractivity contribution in [3.05, 3.63) is 64.0 Å². The molecule has 1 aliphatic heterocycles. The second kappa shape index (κ2) is 8.03. The summed E-state index contributed by atoms with van der Waals surface area (Å²) in [5, 5.41) is 15.4. The van der Waals surface area contributed by atoms with Crippen molar-refractivity contribution in [3.63, 3.8) is 0 Å². The van der Waals surface area contributed by atoms with Crippen LogP contribution in [0.5, 0.6) is 0 Å². The first-order chi connectivity index (χ1) is 13.3. The van der Waals surface area contributed by atoms with E-state index in [1.807, 2.05) is 0 Å². The van der Waals surface area contributed by atoms with E-state index in [-0.39, 0.29) is 16.1 Å². The molecule has 0 aliphatic carbocycles. The van der Waals surface area contributed by atoms with Crippen LogP contribution >= 0.6 is 0 Å². The molecule has 10 heteroatoms. The highest BCUT2D eigenvalue weighted by Gasteiger charge is 2.29. The second-order valence-corrected chi connectivity index (χ2v) is 8.27. The average Bonchev–Trinajstić information content (AvgIpc) is 3.22. The van der Waals surface area contributed by atoms with Gasteiger partial charge in [-0.05, 0) is 38.0 Å². The van der Waals surface area contributed by atoms with Crippen molar-refractivity contribution >= 4 is 27.1 Å². The number of nitrogens with one attached hydrogen (secondary N) is 1.